The van der Waals surface area contributed by atoms with Crippen molar-refractivity contribution in [1.29, 1.82) is 0 Å². The van der Waals surface area contributed by atoms with Crippen molar-refractivity contribution in [1.82, 2.24) is 0 Å². The first kappa shape index (κ1) is 8.38. The molecule has 13 heavy (non-hydrogen) atoms. The van der Waals surface area contributed by atoms with Crippen LogP contribution in [-0.2, 0) is 0 Å². The summed E-state index contributed by atoms with van der Waals surface area (Å²) in [6, 6.07) is 3.32. The van der Waals surface area contributed by atoms with E-state index in [0.717, 1.165) is 0 Å². The van der Waals surface area contributed by atoms with Gasteiger partial charge in [0.2, 0.25) is 0 Å². The van der Waals surface area contributed by atoms with Crippen LogP contribution in [0.3, 0.4) is 0 Å². The molecule has 1 aliphatic rings. The number of fused-ring (bicyclic) bond motifs is 1. The summed E-state index contributed by atoms with van der Waals surface area (Å²) in [7, 11) is 0. The zero-order valence-electron chi connectivity index (χ0n) is 6.75. The van der Waals surface area contributed by atoms with E-state index in [4.69, 9.17) is 21.1 Å². The van der Waals surface area contributed by atoms with E-state index >= 15 is 0 Å². The Morgan fingerprint density at radius 3 is 2.85 bits per heavy atom. The molecule has 0 aliphatic carbocycles. The topological polar surface area (TPSA) is 35.5 Å². The highest BCUT2D eigenvalue weighted by molar-refractivity contribution is 6.33. The van der Waals surface area contributed by atoms with Gasteiger partial charge in [-0.25, -0.2) is 0 Å². The molecule has 0 unspecified atom stereocenters. The molecule has 3 nitrogen and oxygen atoms in total. The Morgan fingerprint density at radius 2 is 2.08 bits per heavy atom. The summed E-state index contributed by atoms with van der Waals surface area (Å²) in [5.74, 6) is 1.03. The molecule has 2 rings (SSSR count). The Hall–Kier alpha value is -1.22. The van der Waals surface area contributed by atoms with Crippen molar-refractivity contribution in [3.8, 4) is 11.5 Å². The largest absolute Gasteiger partial charge is 0.486 e. The van der Waals surface area contributed by atoms with Gasteiger partial charge in [-0.05, 0) is 12.1 Å². The molecule has 1 aromatic rings. The van der Waals surface area contributed by atoms with E-state index in [1.165, 1.54) is 0 Å². The lowest BCUT2D eigenvalue weighted by Gasteiger charge is -2.19. The maximum atomic E-state index is 10.7. The van der Waals surface area contributed by atoms with Gasteiger partial charge < -0.3 is 9.47 Å². The molecule has 0 amide bonds. The van der Waals surface area contributed by atoms with E-state index in [2.05, 4.69) is 0 Å². The smallest absolute Gasteiger partial charge is 0.173 e. The molecule has 0 N–H and O–H groups in total. The fourth-order valence-electron chi connectivity index (χ4n) is 1.22. The van der Waals surface area contributed by atoms with Crippen molar-refractivity contribution in [3.63, 3.8) is 0 Å². The third-order valence-corrected chi connectivity index (χ3v) is 2.14. The first-order chi connectivity index (χ1) is 6.33. The van der Waals surface area contributed by atoms with Crippen molar-refractivity contribution in [2.75, 3.05) is 13.2 Å². The standard InChI is InChI=1S/C9H7ClO3/c10-7-1-2-8-9(6(7)5-11)13-4-3-12-8/h1-2,5H,3-4H2. The lowest BCUT2D eigenvalue weighted by molar-refractivity contribution is 0.111. The van der Waals surface area contributed by atoms with Gasteiger partial charge in [0, 0.05) is 0 Å². The van der Waals surface area contributed by atoms with E-state index < -0.39 is 0 Å². The minimum Gasteiger partial charge on any atom is -0.486 e. The molecule has 0 saturated carbocycles. The third kappa shape index (κ3) is 1.35. The second-order valence-corrected chi connectivity index (χ2v) is 3.01. The predicted molar refractivity (Wildman–Crippen MR) is 47.8 cm³/mol. The molecule has 4 heteroatoms. The molecule has 1 heterocycles. The van der Waals surface area contributed by atoms with Crippen LogP contribution in [0.4, 0.5) is 0 Å². The fourth-order valence-corrected chi connectivity index (χ4v) is 1.42. The average Bonchev–Trinajstić information content (AvgIpc) is 2.18. The average molecular weight is 199 g/mol. The SMILES string of the molecule is O=Cc1c(Cl)ccc2c1OCCO2. The summed E-state index contributed by atoms with van der Waals surface area (Å²) >= 11 is 5.79. The molecular weight excluding hydrogens is 192 g/mol. The number of halogens is 1. The van der Waals surface area contributed by atoms with Crippen LogP contribution in [0.15, 0.2) is 12.1 Å². The van der Waals surface area contributed by atoms with Crippen LogP contribution >= 0.6 is 11.6 Å². The lowest BCUT2D eigenvalue weighted by atomic mass is 10.2. The zero-order valence-corrected chi connectivity index (χ0v) is 7.50. The number of aldehydes is 1. The second kappa shape index (κ2) is 3.26. The lowest BCUT2D eigenvalue weighted by Crippen LogP contribution is -2.16. The van der Waals surface area contributed by atoms with Crippen molar-refractivity contribution in [2.24, 2.45) is 0 Å². The molecule has 1 aliphatic heterocycles. The summed E-state index contributed by atoms with van der Waals surface area (Å²) in [4.78, 5) is 10.7. The van der Waals surface area contributed by atoms with Crippen LogP contribution in [0.25, 0.3) is 0 Å². The first-order valence-electron chi connectivity index (χ1n) is 3.86. The van der Waals surface area contributed by atoms with Gasteiger partial charge in [0.1, 0.15) is 13.2 Å². The molecule has 0 bridgehead atoms. The van der Waals surface area contributed by atoms with E-state index in [9.17, 15) is 4.79 Å². The number of hydrogen-bond donors (Lipinski definition) is 0. The highest BCUT2D eigenvalue weighted by Gasteiger charge is 2.17. The molecule has 0 saturated heterocycles. The normalized spacial score (nSPS) is 13.9. The van der Waals surface area contributed by atoms with E-state index in [1.54, 1.807) is 12.1 Å². The van der Waals surface area contributed by atoms with Gasteiger partial charge in [0.25, 0.3) is 0 Å². The number of carbonyl (C=O) groups is 1. The molecule has 0 aromatic heterocycles. The van der Waals surface area contributed by atoms with Gasteiger partial charge in [0.05, 0.1) is 10.6 Å². The highest BCUT2D eigenvalue weighted by Crippen LogP contribution is 2.36. The Kier molecular flexibility index (Phi) is 2.10. The number of benzene rings is 1. The summed E-state index contributed by atoms with van der Waals surface area (Å²) in [5, 5.41) is 0.388. The minimum absolute atomic E-state index is 0.360. The summed E-state index contributed by atoms with van der Waals surface area (Å²) in [6.45, 7) is 0.959. The molecule has 0 spiro atoms. The van der Waals surface area contributed by atoms with E-state index in [0.29, 0.717) is 41.6 Å². The van der Waals surface area contributed by atoms with Crippen LogP contribution in [0, 0.1) is 0 Å². The number of ether oxygens (including phenoxy) is 2. The molecule has 0 radical (unpaired) electrons. The fraction of sp³-hybridized carbons (Fsp3) is 0.222. The summed E-state index contributed by atoms with van der Waals surface area (Å²) < 4.78 is 10.6. The van der Waals surface area contributed by atoms with E-state index in [1.807, 2.05) is 0 Å². The Balaban J connectivity index is 2.58. The van der Waals surface area contributed by atoms with Gasteiger partial charge in [-0.15, -0.1) is 0 Å². The van der Waals surface area contributed by atoms with Crippen molar-refractivity contribution in [3.05, 3.63) is 22.7 Å². The molecule has 1 aromatic carbocycles. The maximum Gasteiger partial charge on any atom is 0.173 e. The molecule has 0 atom stereocenters. The third-order valence-electron chi connectivity index (χ3n) is 1.81. The molecule has 68 valence electrons. The van der Waals surface area contributed by atoms with Gasteiger partial charge >= 0.3 is 0 Å². The van der Waals surface area contributed by atoms with Crippen molar-refractivity contribution >= 4 is 17.9 Å². The predicted octanol–water partition coefficient (Wildman–Crippen LogP) is 1.92. The van der Waals surface area contributed by atoms with Gasteiger partial charge in [-0.1, -0.05) is 11.6 Å². The van der Waals surface area contributed by atoms with Crippen LogP contribution in [-0.4, -0.2) is 19.5 Å². The number of rotatable bonds is 1. The molecular formula is C9H7ClO3. The first-order valence-corrected chi connectivity index (χ1v) is 4.24. The zero-order chi connectivity index (χ0) is 9.26. The van der Waals surface area contributed by atoms with E-state index in [-0.39, 0.29) is 0 Å². The monoisotopic (exact) mass is 198 g/mol. The Labute approximate surface area is 80.2 Å². The van der Waals surface area contributed by atoms with Gasteiger partial charge in [0.15, 0.2) is 17.8 Å². The number of carbonyl (C=O) groups excluding carboxylic acids is 1. The minimum atomic E-state index is 0.360. The van der Waals surface area contributed by atoms with Gasteiger partial charge in [-0.3, -0.25) is 4.79 Å². The van der Waals surface area contributed by atoms with Crippen LogP contribution in [0.2, 0.25) is 5.02 Å². The Bertz CT molecular complexity index is 349. The molecule has 0 fully saturated rings. The number of hydrogen-bond acceptors (Lipinski definition) is 3. The van der Waals surface area contributed by atoms with Crippen molar-refractivity contribution < 1.29 is 14.3 Å². The van der Waals surface area contributed by atoms with Crippen molar-refractivity contribution in [2.45, 2.75) is 0 Å². The highest BCUT2D eigenvalue weighted by atomic mass is 35.5. The van der Waals surface area contributed by atoms with Crippen LogP contribution < -0.4 is 9.47 Å². The van der Waals surface area contributed by atoms with Crippen LogP contribution in [0.1, 0.15) is 10.4 Å². The maximum absolute atomic E-state index is 10.7. The quantitative estimate of drug-likeness (QED) is 0.647. The van der Waals surface area contributed by atoms with Gasteiger partial charge in [-0.2, -0.15) is 0 Å². The Morgan fingerprint density at radius 1 is 1.31 bits per heavy atom. The van der Waals surface area contributed by atoms with Crippen LogP contribution in [0.5, 0.6) is 11.5 Å². The second-order valence-electron chi connectivity index (χ2n) is 2.60. The summed E-state index contributed by atoms with van der Waals surface area (Å²) in [5.41, 5.74) is 0.360. The summed E-state index contributed by atoms with van der Waals surface area (Å²) in [6.07, 6.45) is 0.676.